The molecule has 5 nitrogen and oxygen atoms in total. The van der Waals surface area contributed by atoms with Gasteiger partial charge in [0.25, 0.3) is 0 Å². The van der Waals surface area contributed by atoms with Crippen LogP contribution in [0.4, 0.5) is 0 Å². The molecule has 0 bridgehead atoms. The van der Waals surface area contributed by atoms with E-state index in [2.05, 4.69) is 5.32 Å². The average molecular weight is 305 g/mol. The normalized spacial score (nSPS) is 22.4. The monoisotopic (exact) mass is 305 g/mol. The van der Waals surface area contributed by atoms with E-state index in [1.54, 1.807) is 7.11 Å². The minimum atomic E-state index is -0.0452. The van der Waals surface area contributed by atoms with Crippen molar-refractivity contribution in [1.82, 2.24) is 5.32 Å². The maximum absolute atomic E-state index is 11.1. The lowest BCUT2D eigenvalue weighted by Crippen LogP contribution is -2.43. The Morgan fingerprint density at radius 3 is 2.77 bits per heavy atom. The molecule has 1 unspecified atom stereocenters. The molecule has 0 aromatic heterocycles. The van der Waals surface area contributed by atoms with Crippen molar-refractivity contribution >= 4 is 5.91 Å². The van der Waals surface area contributed by atoms with Crippen molar-refractivity contribution in [3.05, 3.63) is 23.8 Å². The summed E-state index contributed by atoms with van der Waals surface area (Å²) in [6.45, 7) is 0.704. The Bertz CT molecular complexity index is 515. The van der Waals surface area contributed by atoms with Gasteiger partial charge in [-0.15, -0.1) is 0 Å². The summed E-state index contributed by atoms with van der Waals surface area (Å²) in [6, 6.07) is 6.01. The van der Waals surface area contributed by atoms with Gasteiger partial charge >= 0.3 is 0 Å². The zero-order valence-electron chi connectivity index (χ0n) is 13.0. The number of hydrogen-bond acceptors (Lipinski definition) is 4. The first kappa shape index (κ1) is 15.2. The molecule has 2 fully saturated rings. The van der Waals surface area contributed by atoms with Gasteiger partial charge in [0.1, 0.15) is 6.61 Å². The Balaban J connectivity index is 1.67. The molecule has 1 aromatic carbocycles. The third kappa shape index (κ3) is 3.71. The minimum absolute atomic E-state index is 0.0189. The molecular formula is C17H23NO4. The van der Waals surface area contributed by atoms with Gasteiger partial charge in [-0.3, -0.25) is 4.79 Å². The molecular weight excluding hydrogens is 282 g/mol. The van der Waals surface area contributed by atoms with Crippen LogP contribution in [0, 0.1) is 0 Å². The van der Waals surface area contributed by atoms with Crippen molar-refractivity contribution in [3.63, 3.8) is 0 Å². The quantitative estimate of drug-likeness (QED) is 0.905. The number of nitrogens with one attached hydrogen (secondary N) is 1. The molecule has 1 aliphatic carbocycles. The Kier molecular flexibility index (Phi) is 4.83. The van der Waals surface area contributed by atoms with Gasteiger partial charge < -0.3 is 19.5 Å². The number of rotatable bonds is 5. The lowest BCUT2D eigenvalue weighted by atomic mass is 10.1. The van der Waals surface area contributed by atoms with Crippen molar-refractivity contribution in [2.75, 3.05) is 20.3 Å². The predicted octanol–water partition coefficient (Wildman–Crippen LogP) is 2.07. The van der Waals surface area contributed by atoms with Crippen molar-refractivity contribution in [3.8, 4) is 11.5 Å². The molecule has 5 heteroatoms. The van der Waals surface area contributed by atoms with Crippen LogP contribution in [-0.2, 0) is 16.0 Å². The van der Waals surface area contributed by atoms with Crippen LogP contribution in [0.5, 0.6) is 11.5 Å². The van der Waals surface area contributed by atoms with Gasteiger partial charge in [-0.1, -0.05) is 6.07 Å². The van der Waals surface area contributed by atoms with Gasteiger partial charge in [0, 0.05) is 13.0 Å². The molecule has 1 amide bonds. The van der Waals surface area contributed by atoms with Crippen LogP contribution in [0.25, 0.3) is 0 Å². The molecule has 1 saturated heterocycles. The number of amides is 1. The first-order valence-corrected chi connectivity index (χ1v) is 7.96. The molecule has 1 N–H and O–H groups in total. The second-order valence-electron chi connectivity index (χ2n) is 5.95. The van der Waals surface area contributed by atoms with E-state index in [4.69, 9.17) is 14.2 Å². The highest BCUT2D eigenvalue weighted by atomic mass is 16.5. The summed E-state index contributed by atoms with van der Waals surface area (Å²) in [5.74, 6) is 1.54. The second-order valence-corrected chi connectivity index (χ2v) is 5.95. The highest BCUT2D eigenvalue weighted by molar-refractivity contribution is 5.77. The summed E-state index contributed by atoms with van der Waals surface area (Å²) in [5, 5.41) is 2.83. The van der Waals surface area contributed by atoms with Crippen LogP contribution in [0.2, 0.25) is 0 Å². The summed E-state index contributed by atoms with van der Waals surface area (Å²) in [4.78, 5) is 11.1. The van der Waals surface area contributed by atoms with Gasteiger partial charge in [0.15, 0.2) is 11.5 Å². The molecule has 3 rings (SSSR count). The zero-order valence-corrected chi connectivity index (χ0v) is 13.0. The Hall–Kier alpha value is -1.75. The van der Waals surface area contributed by atoms with E-state index < -0.39 is 0 Å². The summed E-state index contributed by atoms with van der Waals surface area (Å²) < 4.78 is 17.0. The van der Waals surface area contributed by atoms with E-state index >= 15 is 0 Å². The Morgan fingerprint density at radius 2 is 2.09 bits per heavy atom. The second kappa shape index (κ2) is 7.01. The lowest BCUT2D eigenvalue weighted by molar-refractivity contribution is -0.133. The standard InChI is InChI=1S/C17H23NO4/c1-20-15-7-6-12(8-14-10-18-17(19)11-21-14)9-16(15)22-13-4-2-3-5-13/h6-7,9,13-14H,2-5,8,10-11H2,1H3,(H,18,19). The fourth-order valence-corrected chi connectivity index (χ4v) is 3.05. The molecule has 1 heterocycles. The van der Waals surface area contributed by atoms with Crippen molar-refractivity contribution < 1.29 is 19.0 Å². The van der Waals surface area contributed by atoms with Crippen LogP contribution in [-0.4, -0.2) is 38.4 Å². The van der Waals surface area contributed by atoms with Gasteiger partial charge in [0.05, 0.1) is 19.3 Å². The van der Waals surface area contributed by atoms with Crippen LogP contribution in [0.1, 0.15) is 31.2 Å². The summed E-state index contributed by atoms with van der Waals surface area (Å²) in [7, 11) is 1.66. The van der Waals surface area contributed by atoms with Crippen molar-refractivity contribution in [1.29, 1.82) is 0 Å². The van der Waals surface area contributed by atoms with E-state index in [-0.39, 0.29) is 18.6 Å². The Labute approximate surface area is 130 Å². The molecule has 0 radical (unpaired) electrons. The highest BCUT2D eigenvalue weighted by Crippen LogP contribution is 2.32. The smallest absolute Gasteiger partial charge is 0.246 e. The van der Waals surface area contributed by atoms with E-state index in [1.165, 1.54) is 12.8 Å². The van der Waals surface area contributed by atoms with E-state index in [1.807, 2.05) is 18.2 Å². The third-order valence-corrected chi connectivity index (χ3v) is 4.26. The highest BCUT2D eigenvalue weighted by Gasteiger charge is 2.21. The van der Waals surface area contributed by atoms with Crippen LogP contribution < -0.4 is 14.8 Å². The Morgan fingerprint density at radius 1 is 1.27 bits per heavy atom. The first-order chi connectivity index (χ1) is 10.7. The number of ether oxygens (including phenoxy) is 3. The minimum Gasteiger partial charge on any atom is -0.493 e. The molecule has 120 valence electrons. The molecule has 1 saturated carbocycles. The summed E-state index contributed by atoms with van der Waals surface area (Å²) in [6.07, 6.45) is 5.78. The van der Waals surface area contributed by atoms with Gasteiger partial charge in [-0.05, 0) is 43.4 Å². The van der Waals surface area contributed by atoms with Crippen molar-refractivity contribution in [2.45, 2.75) is 44.3 Å². The molecule has 1 aromatic rings. The fraction of sp³-hybridized carbons (Fsp3) is 0.588. The predicted molar refractivity (Wildman–Crippen MR) is 82.3 cm³/mol. The topological polar surface area (TPSA) is 56.8 Å². The van der Waals surface area contributed by atoms with Crippen molar-refractivity contribution in [2.24, 2.45) is 0 Å². The number of benzene rings is 1. The molecule has 1 atom stereocenters. The molecule has 22 heavy (non-hydrogen) atoms. The molecule has 0 spiro atoms. The number of carbonyl (C=O) groups excluding carboxylic acids is 1. The fourth-order valence-electron chi connectivity index (χ4n) is 3.05. The third-order valence-electron chi connectivity index (χ3n) is 4.26. The van der Waals surface area contributed by atoms with Gasteiger partial charge in [-0.25, -0.2) is 0 Å². The largest absolute Gasteiger partial charge is 0.493 e. The number of hydrogen-bond donors (Lipinski definition) is 1. The summed E-state index contributed by atoms with van der Waals surface area (Å²) >= 11 is 0. The van der Waals surface area contributed by atoms with Gasteiger partial charge in [-0.2, -0.15) is 0 Å². The average Bonchev–Trinajstić information content (AvgIpc) is 3.03. The van der Waals surface area contributed by atoms with Crippen LogP contribution in [0.15, 0.2) is 18.2 Å². The van der Waals surface area contributed by atoms with Gasteiger partial charge in [0.2, 0.25) is 5.91 Å². The van der Waals surface area contributed by atoms with E-state index in [0.29, 0.717) is 12.6 Å². The van der Waals surface area contributed by atoms with Crippen LogP contribution in [0.3, 0.4) is 0 Å². The molecule has 1 aliphatic heterocycles. The summed E-state index contributed by atoms with van der Waals surface area (Å²) in [5.41, 5.74) is 1.13. The maximum Gasteiger partial charge on any atom is 0.246 e. The van der Waals surface area contributed by atoms with E-state index in [9.17, 15) is 4.79 Å². The molecule has 2 aliphatic rings. The number of methoxy groups -OCH3 is 1. The number of carbonyl (C=O) groups is 1. The first-order valence-electron chi connectivity index (χ1n) is 7.96. The number of morpholine rings is 1. The zero-order chi connectivity index (χ0) is 15.4. The lowest BCUT2D eigenvalue weighted by Gasteiger charge is -2.23. The maximum atomic E-state index is 11.1. The SMILES string of the molecule is COc1ccc(CC2CNC(=O)CO2)cc1OC1CCCC1. The van der Waals surface area contributed by atoms with Crippen LogP contribution >= 0.6 is 0 Å². The van der Waals surface area contributed by atoms with E-state index in [0.717, 1.165) is 36.3 Å².